The molecule has 0 radical (unpaired) electrons. The number of fused-ring (bicyclic) bond motifs is 4. The summed E-state index contributed by atoms with van der Waals surface area (Å²) in [6.07, 6.45) is 18.3. The molecular weight excluding hydrogens is 633 g/mol. The molecule has 4 aliphatic rings. The molecule has 2 aromatic carbocycles. The molecule has 3 N–H and O–H groups in total. The molecule has 2 fully saturated rings. The van der Waals surface area contributed by atoms with Gasteiger partial charge < -0.3 is 20.1 Å². The van der Waals surface area contributed by atoms with E-state index in [1.165, 1.54) is 66.0 Å². The number of unbranched alkanes of at least 4 members (excludes halogenated alkanes) is 4. The summed E-state index contributed by atoms with van der Waals surface area (Å²) in [7, 11) is 0. The molecule has 0 heterocycles. The Balaban J connectivity index is 0.000000199. The van der Waals surface area contributed by atoms with E-state index in [9.17, 15) is 20.1 Å². The highest BCUT2D eigenvalue weighted by Crippen LogP contribution is 2.49. The van der Waals surface area contributed by atoms with E-state index < -0.39 is 0 Å². The van der Waals surface area contributed by atoms with Gasteiger partial charge in [0.1, 0.15) is 6.10 Å². The van der Waals surface area contributed by atoms with Crippen molar-refractivity contribution >= 4 is 5.97 Å². The van der Waals surface area contributed by atoms with Crippen molar-refractivity contribution in [1.29, 1.82) is 0 Å². The third-order valence-corrected chi connectivity index (χ3v) is 13.5. The molecule has 2 saturated carbocycles. The highest BCUT2D eigenvalue weighted by Gasteiger charge is 2.47. The van der Waals surface area contributed by atoms with Gasteiger partial charge in [-0.1, -0.05) is 88.8 Å². The van der Waals surface area contributed by atoms with Crippen LogP contribution < -0.4 is 0 Å². The highest BCUT2D eigenvalue weighted by atomic mass is 16.5. The Kier molecular flexibility index (Phi) is 15.1. The predicted molar refractivity (Wildman–Crippen MR) is 208 cm³/mol. The van der Waals surface area contributed by atoms with E-state index in [-0.39, 0.29) is 30.4 Å². The Morgan fingerprint density at radius 2 is 1.20 bits per heavy atom. The van der Waals surface area contributed by atoms with Crippen LogP contribution in [0.3, 0.4) is 0 Å². The largest absolute Gasteiger partial charge is 0.462 e. The van der Waals surface area contributed by atoms with Crippen LogP contribution in [0.4, 0.5) is 0 Å². The first-order chi connectivity index (χ1) is 24.6. The number of hydrogen-bond acceptors (Lipinski definition) is 5. The minimum absolute atomic E-state index is 0.0231. The maximum absolute atomic E-state index is 11.7. The van der Waals surface area contributed by atoms with E-state index in [2.05, 4.69) is 64.1 Å². The summed E-state index contributed by atoms with van der Waals surface area (Å²) in [5.41, 5.74) is 8.83. The predicted octanol–water partition coefficient (Wildman–Crippen LogP) is 9.43. The van der Waals surface area contributed by atoms with Crippen LogP contribution in [-0.2, 0) is 35.2 Å². The maximum atomic E-state index is 11.7. The van der Waals surface area contributed by atoms with Gasteiger partial charge in [0.2, 0.25) is 0 Å². The Hall–Kier alpha value is -2.21. The van der Waals surface area contributed by atoms with Crippen molar-refractivity contribution in [1.82, 2.24) is 0 Å². The molecule has 4 unspecified atom stereocenters. The zero-order valence-electron chi connectivity index (χ0n) is 32.6. The SMILES string of the molecule is CCCCC[C@H](O)CCC1C(O)CC2Cc3c(C)cccc3CC21.CCCCC[C@H](O)CC[C@@H]1[C@H]2Cc3cccc(C)c3C[C@H]2C[C@H]1OC(C)=O. The van der Waals surface area contributed by atoms with Gasteiger partial charge >= 0.3 is 5.97 Å². The van der Waals surface area contributed by atoms with Crippen LogP contribution in [-0.4, -0.2) is 45.7 Å². The number of carbonyl (C=O) groups is 1. The highest BCUT2D eigenvalue weighted by molar-refractivity contribution is 5.66. The molecular formula is C46H70O5. The monoisotopic (exact) mass is 703 g/mol. The summed E-state index contributed by atoms with van der Waals surface area (Å²) in [4.78, 5) is 11.7. The molecule has 10 atom stereocenters. The second-order valence-electron chi connectivity index (χ2n) is 17.1. The fraction of sp³-hybridized carbons (Fsp3) is 0.717. The zero-order valence-corrected chi connectivity index (χ0v) is 32.6. The third kappa shape index (κ3) is 10.5. The second kappa shape index (κ2) is 19.2. The lowest BCUT2D eigenvalue weighted by Crippen LogP contribution is -2.29. The van der Waals surface area contributed by atoms with Crippen LogP contribution in [0.1, 0.15) is 144 Å². The first-order valence-electron chi connectivity index (χ1n) is 21.0. The van der Waals surface area contributed by atoms with Crippen LogP contribution >= 0.6 is 0 Å². The number of carbonyl (C=O) groups excluding carboxylic acids is 1. The molecule has 0 saturated heterocycles. The third-order valence-electron chi connectivity index (χ3n) is 13.5. The van der Waals surface area contributed by atoms with Gasteiger partial charge in [0.25, 0.3) is 0 Å². The Morgan fingerprint density at radius 1 is 0.706 bits per heavy atom. The summed E-state index contributed by atoms with van der Waals surface area (Å²) in [5.74, 6) is 3.02. The molecule has 0 spiro atoms. The summed E-state index contributed by atoms with van der Waals surface area (Å²) in [6, 6.07) is 13.3. The minimum atomic E-state index is -0.216. The van der Waals surface area contributed by atoms with Crippen molar-refractivity contribution in [3.05, 3.63) is 69.8 Å². The van der Waals surface area contributed by atoms with Crippen molar-refractivity contribution in [2.75, 3.05) is 0 Å². The number of aliphatic hydroxyl groups is 3. The molecule has 284 valence electrons. The van der Waals surface area contributed by atoms with E-state index >= 15 is 0 Å². The molecule has 0 bridgehead atoms. The van der Waals surface area contributed by atoms with Crippen LogP contribution in [0, 0.1) is 49.4 Å². The van der Waals surface area contributed by atoms with E-state index in [1.807, 2.05) is 0 Å². The molecule has 5 nitrogen and oxygen atoms in total. The van der Waals surface area contributed by atoms with E-state index in [4.69, 9.17) is 4.74 Å². The fourth-order valence-electron chi connectivity index (χ4n) is 10.7. The first-order valence-corrected chi connectivity index (χ1v) is 21.0. The minimum Gasteiger partial charge on any atom is -0.462 e. The number of rotatable bonds is 15. The van der Waals surface area contributed by atoms with Crippen LogP contribution in [0.15, 0.2) is 36.4 Å². The number of hydrogen-bond donors (Lipinski definition) is 3. The number of esters is 1. The summed E-state index contributed by atoms with van der Waals surface area (Å²) in [5, 5.41) is 31.2. The second-order valence-corrected chi connectivity index (χ2v) is 17.1. The van der Waals surface area contributed by atoms with Gasteiger partial charge in [-0.3, -0.25) is 4.79 Å². The maximum Gasteiger partial charge on any atom is 0.302 e. The quantitative estimate of drug-likeness (QED) is 0.127. The van der Waals surface area contributed by atoms with Crippen molar-refractivity contribution in [3.63, 3.8) is 0 Å². The Morgan fingerprint density at radius 3 is 1.71 bits per heavy atom. The van der Waals surface area contributed by atoms with Crippen molar-refractivity contribution in [2.45, 2.75) is 175 Å². The fourth-order valence-corrected chi connectivity index (χ4v) is 10.7. The van der Waals surface area contributed by atoms with E-state index in [0.717, 1.165) is 89.9 Å². The zero-order chi connectivity index (χ0) is 36.5. The first kappa shape index (κ1) is 40.0. The summed E-state index contributed by atoms with van der Waals surface area (Å²) in [6.45, 7) is 10.3. The van der Waals surface area contributed by atoms with E-state index in [0.29, 0.717) is 35.5 Å². The van der Waals surface area contributed by atoms with Crippen LogP contribution in [0.2, 0.25) is 0 Å². The van der Waals surface area contributed by atoms with Gasteiger partial charge in [-0.15, -0.1) is 0 Å². The summed E-state index contributed by atoms with van der Waals surface area (Å²) >= 11 is 0. The van der Waals surface area contributed by atoms with E-state index in [1.54, 1.807) is 0 Å². The van der Waals surface area contributed by atoms with Gasteiger partial charge in [-0.05, 0) is 160 Å². The van der Waals surface area contributed by atoms with Gasteiger partial charge in [0.05, 0.1) is 18.3 Å². The lowest BCUT2D eigenvalue weighted by atomic mass is 9.73. The van der Waals surface area contributed by atoms with Crippen LogP contribution in [0.5, 0.6) is 0 Å². The lowest BCUT2D eigenvalue weighted by molar-refractivity contribution is -0.148. The molecule has 0 aliphatic heterocycles. The van der Waals surface area contributed by atoms with Gasteiger partial charge in [0.15, 0.2) is 0 Å². The number of aryl methyl sites for hydroxylation is 2. The van der Waals surface area contributed by atoms with Crippen molar-refractivity contribution in [2.24, 2.45) is 35.5 Å². The topological polar surface area (TPSA) is 87.0 Å². The average molecular weight is 703 g/mol. The van der Waals surface area contributed by atoms with Gasteiger partial charge in [-0.25, -0.2) is 0 Å². The lowest BCUT2D eigenvalue weighted by Gasteiger charge is -2.32. The van der Waals surface area contributed by atoms with Gasteiger partial charge in [0, 0.05) is 6.92 Å². The normalized spacial score (nSPS) is 28.8. The van der Waals surface area contributed by atoms with Gasteiger partial charge in [-0.2, -0.15) is 0 Å². The van der Waals surface area contributed by atoms with Crippen LogP contribution in [0.25, 0.3) is 0 Å². The molecule has 6 rings (SSSR count). The molecule has 2 aromatic rings. The molecule has 4 aliphatic carbocycles. The number of aliphatic hydroxyl groups excluding tert-OH is 3. The molecule has 0 aromatic heterocycles. The Labute approximate surface area is 310 Å². The molecule has 0 amide bonds. The number of ether oxygens (including phenoxy) is 1. The van der Waals surface area contributed by atoms with Crippen molar-refractivity contribution in [3.8, 4) is 0 Å². The molecule has 51 heavy (non-hydrogen) atoms. The number of benzene rings is 2. The van der Waals surface area contributed by atoms with Crippen molar-refractivity contribution < 1.29 is 24.9 Å². The smallest absolute Gasteiger partial charge is 0.302 e. The standard InChI is InChI=1S/C24H36O3.C22H34O2/c1-4-5-6-10-20(26)11-12-21-23-13-18-9-7-8-16(2)22(18)14-19(23)15-24(21)27-17(3)25;1-3-4-5-9-18(23)10-11-19-21-12-16-8-6-7-15(2)20(16)13-17(21)14-22(19)24/h7-9,19-21,23-24,26H,4-6,10-15H2,1-3H3;6-8,17-19,21-24H,3-5,9-14H2,1-2H3/t19-,20-,21+,23-,24+;17?,18-,19?,21?,22?/m00/s1. The average Bonchev–Trinajstić information content (AvgIpc) is 3.59. The Bertz CT molecular complexity index is 1390. The molecule has 5 heteroatoms. The summed E-state index contributed by atoms with van der Waals surface area (Å²) < 4.78 is 5.76.